The second-order valence-corrected chi connectivity index (χ2v) is 14.2. The van der Waals surface area contributed by atoms with Crippen molar-refractivity contribution >= 4 is 5.91 Å². The van der Waals surface area contributed by atoms with Gasteiger partial charge in [0.15, 0.2) is 0 Å². The molecule has 1 amide bonds. The number of unbranched alkanes of at least 4 members (excludes halogenated alkanes) is 5. The van der Waals surface area contributed by atoms with Gasteiger partial charge in [0.1, 0.15) is 0 Å². The fraction of sp³-hybridized carbons (Fsp3) is 0.969. The van der Waals surface area contributed by atoms with Gasteiger partial charge in [0.25, 0.3) is 0 Å². The molecular formula is C32H57NO4. The van der Waals surface area contributed by atoms with Crippen LogP contribution in [-0.2, 0) is 4.79 Å². The fourth-order valence-corrected chi connectivity index (χ4v) is 9.91. The van der Waals surface area contributed by atoms with Crippen LogP contribution < -0.4 is 5.32 Å². The first-order chi connectivity index (χ1) is 17.6. The Hall–Kier alpha value is -0.650. The first-order valence-corrected chi connectivity index (χ1v) is 15.9. The molecule has 3 unspecified atom stereocenters. The molecule has 4 saturated carbocycles. The lowest BCUT2D eigenvalue weighted by atomic mass is 9.43. The van der Waals surface area contributed by atoms with Crippen LogP contribution in [-0.4, -0.2) is 46.1 Å². The molecule has 4 rings (SSSR count). The van der Waals surface area contributed by atoms with Gasteiger partial charge in [-0.15, -0.1) is 0 Å². The number of nitrogens with one attached hydrogen (secondary N) is 1. The quantitative estimate of drug-likeness (QED) is 0.258. The lowest BCUT2D eigenvalue weighted by Gasteiger charge is -2.63. The minimum absolute atomic E-state index is 0.114. The molecule has 5 nitrogen and oxygen atoms in total. The van der Waals surface area contributed by atoms with Crippen molar-refractivity contribution in [2.24, 2.45) is 46.3 Å². The summed E-state index contributed by atoms with van der Waals surface area (Å²) in [6.07, 6.45) is 14.3. The Morgan fingerprint density at radius 3 is 2.43 bits per heavy atom. The summed E-state index contributed by atoms with van der Waals surface area (Å²) in [7, 11) is 0. The summed E-state index contributed by atoms with van der Waals surface area (Å²) in [5, 5.41) is 36.6. The molecule has 37 heavy (non-hydrogen) atoms. The van der Waals surface area contributed by atoms with Crippen LogP contribution >= 0.6 is 0 Å². The van der Waals surface area contributed by atoms with E-state index >= 15 is 0 Å². The molecule has 0 aromatic rings. The Kier molecular flexibility index (Phi) is 9.71. The van der Waals surface area contributed by atoms with Crippen LogP contribution in [0.5, 0.6) is 0 Å². The van der Waals surface area contributed by atoms with E-state index in [1.807, 2.05) is 0 Å². The Morgan fingerprint density at radius 2 is 1.68 bits per heavy atom. The van der Waals surface area contributed by atoms with Crippen LogP contribution in [0.1, 0.15) is 124 Å². The lowest BCUT2D eigenvalue weighted by Crippen LogP contribution is -2.62. The summed E-state index contributed by atoms with van der Waals surface area (Å²) >= 11 is 0. The number of aliphatic hydroxyl groups excluding tert-OH is 3. The molecule has 0 spiro atoms. The second-order valence-electron chi connectivity index (χ2n) is 14.2. The van der Waals surface area contributed by atoms with Crippen molar-refractivity contribution in [2.75, 3.05) is 6.54 Å². The maximum absolute atomic E-state index is 12.5. The lowest BCUT2D eigenvalue weighted by molar-refractivity contribution is -0.207. The normalized spacial score (nSPS) is 44.0. The highest BCUT2D eigenvalue weighted by molar-refractivity contribution is 5.75. The highest BCUT2D eigenvalue weighted by Gasteiger charge is 2.65. The summed E-state index contributed by atoms with van der Waals surface area (Å²) < 4.78 is 0. The minimum atomic E-state index is -0.357. The van der Waals surface area contributed by atoms with Crippen molar-refractivity contribution < 1.29 is 20.1 Å². The van der Waals surface area contributed by atoms with Gasteiger partial charge < -0.3 is 20.6 Å². The number of amides is 1. The molecular weight excluding hydrogens is 462 g/mol. The third kappa shape index (κ3) is 5.80. The van der Waals surface area contributed by atoms with Crippen LogP contribution in [0, 0.1) is 46.3 Å². The SMILES string of the molecule is CCCCCCCCNC(=O)CC[C@H](C)C1CC[C@H]2C3[C@H](O)CC4C[C@H](O)CC[C@]4(C)[C@H]3C[C@H](O)[C@]12C. The Labute approximate surface area is 226 Å². The van der Waals surface area contributed by atoms with E-state index in [-0.39, 0.29) is 41.0 Å². The van der Waals surface area contributed by atoms with Gasteiger partial charge in [0.05, 0.1) is 18.3 Å². The molecule has 4 fully saturated rings. The van der Waals surface area contributed by atoms with Crippen molar-refractivity contribution in [2.45, 2.75) is 142 Å². The molecule has 214 valence electrons. The molecule has 4 N–H and O–H groups in total. The summed E-state index contributed by atoms with van der Waals surface area (Å²) in [4.78, 5) is 12.5. The van der Waals surface area contributed by atoms with Crippen molar-refractivity contribution in [3.8, 4) is 0 Å². The zero-order valence-corrected chi connectivity index (χ0v) is 24.3. The van der Waals surface area contributed by atoms with Gasteiger partial charge in [-0.3, -0.25) is 4.79 Å². The van der Waals surface area contributed by atoms with E-state index in [1.54, 1.807) is 0 Å². The third-order valence-corrected chi connectivity index (χ3v) is 12.2. The predicted octanol–water partition coefficient (Wildman–Crippen LogP) is 5.84. The van der Waals surface area contributed by atoms with E-state index in [9.17, 15) is 20.1 Å². The van der Waals surface area contributed by atoms with Crippen LogP contribution in [0.3, 0.4) is 0 Å². The van der Waals surface area contributed by atoms with Crippen LogP contribution in [0.4, 0.5) is 0 Å². The molecule has 4 aliphatic rings. The number of hydrogen-bond acceptors (Lipinski definition) is 4. The molecule has 0 aromatic carbocycles. The van der Waals surface area contributed by atoms with Gasteiger partial charge in [-0.1, -0.05) is 59.8 Å². The number of aliphatic hydroxyl groups is 3. The number of carbonyl (C=O) groups excluding carboxylic acids is 1. The van der Waals surface area contributed by atoms with E-state index in [4.69, 9.17) is 0 Å². The van der Waals surface area contributed by atoms with Gasteiger partial charge >= 0.3 is 0 Å². The molecule has 0 aromatic heterocycles. The van der Waals surface area contributed by atoms with Crippen molar-refractivity contribution in [1.82, 2.24) is 5.32 Å². The summed E-state index contributed by atoms with van der Waals surface area (Å²) in [6.45, 7) is 10.0. The summed E-state index contributed by atoms with van der Waals surface area (Å²) in [5.74, 6) is 2.24. The number of rotatable bonds is 11. The number of fused-ring (bicyclic) bond motifs is 5. The van der Waals surface area contributed by atoms with E-state index in [2.05, 4.69) is 33.0 Å². The zero-order valence-electron chi connectivity index (χ0n) is 24.3. The standard InChI is InChI=1S/C32H57NO4/c1-5-6-7-8-9-10-17-33-29(37)14-11-21(2)24-12-13-25-30-26(20-28(36)32(24,25)4)31(3)16-15-23(34)18-22(31)19-27(30)35/h21-28,30,34-36H,5-20H2,1-4H3,(H,33,37)/t21-,22?,23+,24?,25-,26-,27+,28-,30?,31-,32+/m0/s1. The van der Waals surface area contributed by atoms with Gasteiger partial charge in [-0.05, 0) is 104 Å². The molecule has 0 saturated heterocycles. The van der Waals surface area contributed by atoms with Crippen molar-refractivity contribution in [1.29, 1.82) is 0 Å². The summed E-state index contributed by atoms with van der Waals surface area (Å²) in [6, 6.07) is 0. The fourth-order valence-electron chi connectivity index (χ4n) is 9.91. The molecule has 0 bridgehead atoms. The molecule has 5 heteroatoms. The average molecular weight is 520 g/mol. The monoisotopic (exact) mass is 519 g/mol. The largest absolute Gasteiger partial charge is 0.393 e. The highest BCUT2D eigenvalue weighted by Crippen LogP contribution is 2.68. The Morgan fingerprint density at radius 1 is 0.946 bits per heavy atom. The van der Waals surface area contributed by atoms with Crippen LogP contribution in [0.15, 0.2) is 0 Å². The average Bonchev–Trinajstić information content (AvgIpc) is 3.22. The van der Waals surface area contributed by atoms with E-state index in [0.717, 1.165) is 64.3 Å². The van der Waals surface area contributed by atoms with Crippen molar-refractivity contribution in [3.63, 3.8) is 0 Å². The molecule has 0 aliphatic heterocycles. The van der Waals surface area contributed by atoms with Gasteiger partial charge in [-0.25, -0.2) is 0 Å². The zero-order chi connectivity index (χ0) is 26.8. The van der Waals surface area contributed by atoms with Gasteiger partial charge in [-0.2, -0.15) is 0 Å². The Bertz CT molecular complexity index is 759. The van der Waals surface area contributed by atoms with E-state index in [1.165, 1.54) is 32.1 Å². The number of hydrogen-bond donors (Lipinski definition) is 4. The van der Waals surface area contributed by atoms with Gasteiger partial charge in [0.2, 0.25) is 5.91 Å². The topological polar surface area (TPSA) is 89.8 Å². The molecule has 0 radical (unpaired) electrons. The maximum Gasteiger partial charge on any atom is 0.220 e. The smallest absolute Gasteiger partial charge is 0.220 e. The summed E-state index contributed by atoms with van der Waals surface area (Å²) in [5.41, 5.74) is -0.0723. The molecule has 0 heterocycles. The van der Waals surface area contributed by atoms with E-state index < -0.39 is 0 Å². The Balaban J connectivity index is 1.33. The van der Waals surface area contributed by atoms with E-state index in [0.29, 0.717) is 36.0 Å². The predicted molar refractivity (Wildman–Crippen MR) is 149 cm³/mol. The maximum atomic E-state index is 12.5. The number of carbonyl (C=O) groups is 1. The van der Waals surface area contributed by atoms with Crippen molar-refractivity contribution in [3.05, 3.63) is 0 Å². The first-order valence-electron chi connectivity index (χ1n) is 15.9. The highest BCUT2D eigenvalue weighted by atomic mass is 16.3. The minimum Gasteiger partial charge on any atom is -0.393 e. The third-order valence-electron chi connectivity index (χ3n) is 12.2. The van der Waals surface area contributed by atoms with Crippen LogP contribution in [0.2, 0.25) is 0 Å². The molecule has 4 aliphatic carbocycles. The molecule has 11 atom stereocenters. The van der Waals surface area contributed by atoms with Crippen LogP contribution in [0.25, 0.3) is 0 Å². The van der Waals surface area contributed by atoms with Gasteiger partial charge in [0, 0.05) is 13.0 Å². The first kappa shape index (κ1) is 29.3. The second kappa shape index (κ2) is 12.3.